The van der Waals surface area contributed by atoms with Gasteiger partial charge in [-0.2, -0.15) is 0 Å². The smallest absolute Gasteiger partial charge is 0.341 e. The Morgan fingerprint density at radius 2 is 1.79 bits per heavy atom. The number of halogens is 1. The Labute approximate surface area is 166 Å². The van der Waals surface area contributed by atoms with Crippen molar-refractivity contribution >= 4 is 34.8 Å². The lowest BCUT2D eigenvalue weighted by atomic mass is 10.00. The minimum absolute atomic E-state index is 0.203. The zero-order chi connectivity index (χ0) is 19.9. The molecule has 6 heteroatoms. The van der Waals surface area contributed by atoms with E-state index in [0.717, 1.165) is 5.56 Å². The highest BCUT2D eigenvalue weighted by Crippen LogP contribution is 2.30. The van der Waals surface area contributed by atoms with Gasteiger partial charge < -0.3 is 9.47 Å². The Morgan fingerprint density at radius 3 is 2.50 bits per heavy atom. The molecule has 0 fully saturated rings. The quantitative estimate of drug-likeness (QED) is 0.317. The van der Waals surface area contributed by atoms with Gasteiger partial charge in [0.1, 0.15) is 5.57 Å². The monoisotopic (exact) mass is 395 g/mol. The fourth-order valence-electron chi connectivity index (χ4n) is 2.64. The topological polar surface area (TPSA) is 48.4 Å². The molecule has 28 heavy (non-hydrogen) atoms. The van der Waals surface area contributed by atoms with Crippen molar-refractivity contribution in [1.82, 2.24) is 4.98 Å². The summed E-state index contributed by atoms with van der Waals surface area (Å²) in [6, 6.07) is 16.5. The Bertz CT molecular complexity index is 1030. The predicted octanol–water partition coefficient (Wildman–Crippen LogP) is 5.44. The normalized spacial score (nSPS) is 12.0. The summed E-state index contributed by atoms with van der Waals surface area (Å²) in [5.41, 5.74) is 2.87. The van der Waals surface area contributed by atoms with Crippen LogP contribution in [0.15, 0.2) is 66.2 Å². The number of benzene rings is 2. The van der Waals surface area contributed by atoms with Crippen molar-refractivity contribution in [2.24, 2.45) is 0 Å². The second-order valence-corrected chi connectivity index (χ2v) is 6.60. The van der Waals surface area contributed by atoms with E-state index in [2.05, 4.69) is 4.98 Å². The summed E-state index contributed by atoms with van der Waals surface area (Å²) in [6.07, 6.45) is 2.64. The van der Waals surface area contributed by atoms with Crippen LogP contribution in [-0.4, -0.2) is 25.2 Å². The van der Waals surface area contributed by atoms with E-state index in [1.54, 1.807) is 24.3 Å². The molecule has 0 saturated carbocycles. The van der Waals surface area contributed by atoms with Gasteiger partial charge in [-0.25, -0.2) is 14.2 Å². The van der Waals surface area contributed by atoms with Crippen LogP contribution < -0.4 is 0 Å². The van der Waals surface area contributed by atoms with Crippen molar-refractivity contribution in [2.75, 3.05) is 14.2 Å². The van der Waals surface area contributed by atoms with Crippen LogP contribution in [0.1, 0.15) is 16.1 Å². The first-order valence-electron chi connectivity index (χ1n) is 8.43. The summed E-state index contributed by atoms with van der Waals surface area (Å²) < 4.78 is 24.7. The maximum Gasteiger partial charge on any atom is 0.341 e. The molecular weight excluding hydrogens is 377 g/mol. The van der Waals surface area contributed by atoms with Gasteiger partial charge in [-0.3, -0.25) is 0 Å². The second kappa shape index (κ2) is 9.10. The minimum Gasteiger partial charge on any atom is -0.503 e. The van der Waals surface area contributed by atoms with Crippen molar-refractivity contribution in [2.45, 2.75) is 0 Å². The summed E-state index contributed by atoms with van der Waals surface area (Å²) in [5, 5.41) is 2.08. The lowest BCUT2D eigenvalue weighted by Gasteiger charge is -2.09. The average Bonchev–Trinajstić information content (AvgIpc) is 3.23. The summed E-state index contributed by atoms with van der Waals surface area (Å²) in [6.45, 7) is 0. The molecule has 0 atom stereocenters. The largest absolute Gasteiger partial charge is 0.503 e. The van der Waals surface area contributed by atoms with E-state index in [0.29, 0.717) is 16.8 Å². The van der Waals surface area contributed by atoms with Gasteiger partial charge in [0.05, 0.1) is 26.2 Å². The second-order valence-electron chi connectivity index (χ2n) is 5.74. The third-order valence-electron chi connectivity index (χ3n) is 3.95. The summed E-state index contributed by atoms with van der Waals surface area (Å²) in [5.74, 6) is -1.05. The third-order valence-corrected chi connectivity index (χ3v) is 4.80. The van der Waals surface area contributed by atoms with E-state index in [9.17, 15) is 9.18 Å². The molecule has 2 aromatic carbocycles. The van der Waals surface area contributed by atoms with Crippen LogP contribution in [0.5, 0.6) is 0 Å². The van der Waals surface area contributed by atoms with Crippen molar-refractivity contribution in [3.05, 3.63) is 82.4 Å². The summed E-state index contributed by atoms with van der Waals surface area (Å²) >= 11 is 1.22. The fraction of sp³-hybridized carbons (Fsp3) is 0.0909. The number of rotatable bonds is 6. The number of hydrogen-bond donors (Lipinski definition) is 0. The van der Waals surface area contributed by atoms with Gasteiger partial charge in [0.25, 0.3) is 0 Å². The van der Waals surface area contributed by atoms with Crippen LogP contribution >= 0.6 is 11.3 Å². The molecule has 0 aliphatic carbocycles. The molecule has 1 aromatic heterocycles. The van der Waals surface area contributed by atoms with Crippen molar-refractivity contribution in [1.29, 1.82) is 0 Å². The maximum atomic E-state index is 14.9. The molecule has 0 aliphatic heterocycles. The van der Waals surface area contributed by atoms with Crippen LogP contribution in [0, 0.1) is 0 Å². The van der Waals surface area contributed by atoms with Crippen molar-refractivity contribution in [3.8, 4) is 11.3 Å². The van der Waals surface area contributed by atoms with Crippen LogP contribution in [0.4, 0.5) is 4.39 Å². The van der Waals surface area contributed by atoms with Crippen LogP contribution in [-0.2, 0) is 14.3 Å². The van der Waals surface area contributed by atoms with Gasteiger partial charge in [0, 0.05) is 10.9 Å². The number of carbonyl (C=O) groups excluding carboxylic acids is 1. The molecule has 0 aliphatic rings. The van der Waals surface area contributed by atoms with Gasteiger partial charge in [-0.15, -0.1) is 11.3 Å². The Kier molecular flexibility index (Phi) is 6.34. The number of ether oxygens (including phenoxy) is 2. The number of nitrogens with zero attached hydrogens (tertiary/aromatic N) is 1. The number of esters is 1. The van der Waals surface area contributed by atoms with E-state index in [1.165, 1.54) is 37.9 Å². The third kappa shape index (κ3) is 4.35. The molecule has 0 bridgehead atoms. The maximum absolute atomic E-state index is 14.9. The molecule has 3 aromatic rings. The first kappa shape index (κ1) is 19.5. The number of carbonyl (C=O) groups is 1. The Hall–Kier alpha value is -3.25. The molecule has 0 radical (unpaired) electrons. The standard InChI is InChI=1S/C22H18FNO3S/c1-26-13-18(22(25)27-2)17-11-7-6-10-16(17)12-19(23)21-24-20(14-28-21)15-8-4-3-5-9-15/h3-14H,1-2H3/b18-13-,19-12+. The molecule has 0 unspecified atom stereocenters. The van der Waals surface area contributed by atoms with Crippen molar-refractivity contribution in [3.63, 3.8) is 0 Å². The molecule has 0 amide bonds. The van der Waals surface area contributed by atoms with Gasteiger partial charge in [0.2, 0.25) is 0 Å². The lowest BCUT2D eigenvalue weighted by molar-refractivity contribution is -0.133. The Morgan fingerprint density at radius 1 is 1.07 bits per heavy atom. The average molecular weight is 395 g/mol. The fourth-order valence-corrected chi connectivity index (χ4v) is 3.38. The predicted molar refractivity (Wildman–Crippen MR) is 110 cm³/mol. The lowest BCUT2D eigenvalue weighted by Crippen LogP contribution is -2.05. The number of aromatic nitrogens is 1. The first-order valence-corrected chi connectivity index (χ1v) is 9.31. The molecule has 142 valence electrons. The van der Waals surface area contributed by atoms with Crippen molar-refractivity contribution < 1.29 is 18.7 Å². The van der Waals surface area contributed by atoms with Crippen LogP contribution in [0.2, 0.25) is 0 Å². The van der Waals surface area contributed by atoms with Gasteiger partial charge >= 0.3 is 5.97 Å². The van der Waals surface area contributed by atoms with E-state index in [4.69, 9.17) is 9.47 Å². The molecule has 3 rings (SSSR count). The molecule has 0 N–H and O–H groups in total. The highest BCUT2D eigenvalue weighted by atomic mass is 32.1. The molecule has 1 heterocycles. The molecule has 4 nitrogen and oxygen atoms in total. The van der Waals surface area contributed by atoms with Crippen LogP contribution in [0.3, 0.4) is 0 Å². The Balaban J connectivity index is 1.97. The molecular formula is C22H18FNO3S. The minimum atomic E-state index is -0.566. The van der Waals surface area contributed by atoms with E-state index >= 15 is 0 Å². The first-order chi connectivity index (χ1) is 13.6. The van der Waals surface area contributed by atoms with Gasteiger partial charge in [-0.05, 0) is 17.2 Å². The zero-order valence-corrected chi connectivity index (χ0v) is 16.2. The van der Waals surface area contributed by atoms with E-state index in [-0.39, 0.29) is 10.6 Å². The van der Waals surface area contributed by atoms with E-state index in [1.807, 2.05) is 35.7 Å². The van der Waals surface area contributed by atoms with Gasteiger partial charge in [0.15, 0.2) is 10.8 Å². The van der Waals surface area contributed by atoms with Crippen LogP contribution in [0.25, 0.3) is 28.7 Å². The van der Waals surface area contributed by atoms with E-state index < -0.39 is 11.8 Å². The number of methoxy groups -OCH3 is 2. The SMILES string of the molecule is CO/C=C(\C(=O)OC)c1ccccc1/C=C(/F)c1nc(-c2ccccc2)cs1. The highest BCUT2D eigenvalue weighted by Gasteiger charge is 2.17. The van der Waals surface area contributed by atoms with Gasteiger partial charge in [-0.1, -0.05) is 54.6 Å². The highest BCUT2D eigenvalue weighted by molar-refractivity contribution is 7.11. The number of hydrogen-bond acceptors (Lipinski definition) is 5. The summed E-state index contributed by atoms with van der Waals surface area (Å²) in [4.78, 5) is 16.5. The summed E-state index contributed by atoms with van der Waals surface area (Å²) in [7, 11) is 2.72. The molecule has 0 saturated heterocycles. The zero-order valence-electron chi connectivity index (χ0n) is 15.4. The molecule has 0 spiro atoms. The number of thiazole rings is 1.